The molecule has 2 amide bonds. The second-order valence-electron chi connectivity index (χ2n) is 4.10. The van der Waals surface area contributed by atoms with Crippen molar-refractivity contribution in [3.63, 3.8) is 0 Å². The molecule has 0 heterocycles. The average molecular weight is 265 g/mol. The molecule has 4 N–H and O–H groups in total. The molecule has 0 aliphatic carbocycles. The molecule has 1 aromatic carbocycles. The summed E-state index contributed by atoms with van der Waals surface area (Å²) in [4.78, 5) is 22.6. The van der Waals surface area contributed by atoms with E-state index in [0.717, 1.165) is 5.56 Å². The lowest BCUT2D eigenvalue weighted by Gasteiger charge is -2.11. The molecule has 6 heteroatoms. The molecule has 0 unspecified atom stereocenters. The minimum atomic E-state index is -0.253. The van der Waals surface area contributed by atoms with Crippen LogP contribution in [0.2, 0.25) is 0 Å². The molecule has 0 aromatic heterocycles. The van der Waals surface area contributed by atoms with Gasteiger partial charge >= 0.3 is 0 Å². The van der Waals surface area contributed by atoms with Crippen LogP contribution >= 0.6 is 0 Å². The molecule has 19 heavy (non-hydrogen) atoms. The third-order valence-corrected chi connectivity index (χ3v) is 2.33. The predicted octanol–water partition coefficient (Wildman–Crippen LogP) is 0.867. The van der Waals surface area contributed by atoms with E-state index in [-0.39, 0.29) is 18.4 Å². The first-order valence-electron chi connectivity index (χ1n) is 5.99. The molecular formula is C13H19N3O3. The van der Waals surface area contributed by atoms with Crippen LogP contribution in [0.25, 0.3) is 0 Å². The van der Waals surface area contributed by atoms with Gasteiger partial charge in [0.25, 0.3) is 0 Å². The number of nitrogens with one attached hydrogen (secondary N) is 2. The van der Waals surface area contributed by atoms with E-state index in [9.17, 15) is 9.59 Å². The van der Waals surface area contributed by atoms with Gasteiger partial charge < -0.3 is 21.1 Å². The quantitative estimate of drug-likeness (QED) is 0.665. The van der Waals surface area contributed by atoms with E-state index in [2.05, 4.69) is 10.6 Å². The van der Waals surface area contributed by atoms with Crippen LogP contribution in [0.15, 0.2) is 18.2 Å². The third kappa shape index (κ3) is 5.50. The molecule has 0 saturated heterocycles. The number of benzene rings is 1. The maximum absolute atomic E-state index is 11.6. The number of rotatable bonds is 6. The average Bonchev–Trinajstić information content (AvgIpc) is 2.33. The molecule has 0 radical (unpaired) electrons. The minimum Gasteiger partial charge on any atom is -0.370 e. The Kier molecular flexibility index (Phi) is 5.98. The Morgan fingerprint density at radius 2 is 2.05 bits per heavy atom. The summed E-state index contributed by atoms with van der Waals surface area (Å²) in [5, 5.41) is 5.39. The number of hydrogen-bond acceptors (Lipinski definition) is 4. The van der Waals surface area contributed by atoms with Crippen LogP contribution in [0.1, 0.15) is 12.5 Å². The van der Waals surface area contributed by atoms with Gasteiger partial charge in [-0.1, -0.05) is 6.07 Å². The monoisotopic (exact) mass is 265 g/mol. The second-order valence-corrected chi connectivity index (χ2v) is 4.10. The minimum absolute atomic E-state index is 0.0407. The van der Waals surface area contributed by atoms with Crippen molar-refractivity contribution >= 4 is 23.2 Å². The van der Waals surface area contributed by atoms with Crippen molar-refractivity contribution < 1.29 is 14.3 Å². The molecule has 1 rings (SSSR count). The third-order valence-electron chi connectivity index (χ3n) is 2.33. The Balaban J connectivity index is 2.65. The van der Waals surface area contributed by atoms with Gasteiger partial charge in [-0.15, -0.1) is 0 Å². The lowest BCUT2D eigenvalue weighted by Crippen LogP contribution is -2.21. The summed E-state index contributed by atoms with van der Waals surface area (Å²) in [5.74, 6) is -0.413. The Bertz CT molecular complexity index is 460. The van der Waals surface area contributed by atoms with Crippen molar-refractivity contribution in [2.24, 2.45) is 5.73 Å². The summed E-state index contributed by atoms with van der Waals surface area (Å²) < 4.78 is 5.04. The van der Waals surface area contributed by atoms with Crippen LogP contribution < -0.4 is 16.4 Å². The van der Waals surface area contributed by atoms with Crippen molar-refractivity contribution in [3.05, 3.63) is 23.8 Å². The van der Waals surface area contributed by atoms with Gasteiger partial charge in [0, 0.05) is 24.8 Å². The largest absolute Gasteiger partial charge is 0.370 e. The van der Waals surface area contributed by atoms with Crippen LogP contribution in [0.3, 0.4) is 0 Å². The normalized spacial score (nSPS) is 10.1. The Hall–Kier alpha value is -1.92. The van der Waals surface area contributed by atoms with E-state index >= 15 is 0 Å². The fraction of sp³-hybridized carbons (Fsp3) is 0.385. The van der Waals surface area contributed by atoms with Gasteiger partial charge in [-0.25, -0.2) is 0 Å². The second kappa shape index (κ2) is 7.50. The van der Waals surface area contributed by atoms with Crippen LogP contribution in [0.4, 0.5) is 11.4 Å². The highest BCUT2D eigenvalue weighted by molar-refractivity contribution is 5.94. The number of anilines is 2. The van der Waals surface area contributed by atoms with E-state index in [4.69, 9.17) is 10.5 Å². The van der Waals surface area contributed by atoms with E-state index in [1.54, 1.807) is 12.1 Å². The molecule has 0 bridgehead atoms. The number of hydrogen-bond donors (Lipinski definition) is 3. The van der Waals surface area contributed by atoms with Gasteiger partial charge in [-0.3, -0.25) is 9.59 Å². The molecule has 1 aromatic rings. The summed E-state index contributed by atoms with van der Waals surface area (Å²) in [6, 6.07) is 5.30. The number of amides is 2. The SMILES string of the molecule is CC(=O)Nc1ccc(C)c(NC(=O)COCCN)c1. The lowest BCUT2D eigenvalue weighted by atomic mass is 10.1. The summed E-state index contributed by atoms with van der Waals surface area (Å²) in [7, 11) is 0. The summed E-state index contributed by atoms with van der Waals surface area (Å²) in [6.07, 6.45) is 0. The Morgan fingerprint density at radius 3 is 2.68 bits per heavy atom. The maximum Gasteiger partial charge on any atom is 0.250 e. The van der Waals surface area contributed by atoms with Crippen molar-refractivity contribution in [1.29, 1.82) is 0 Å². The van der Waals surface area contributed by atoms with Crippen molar-refractivity contribution in [1.82, 2.24) is 0 Å². The zero-order chi connectivity index (χ0) is 14.3. The maximum atomic E-state index is 11.6. The molecule has 0 saturated carbocycles. The molecule has 0 atom stereocenters. The van der Waals surface area contributed by atoms with Crippen molar-refractivity contribution in [2.75, 3.05) is 30.4 Å². The highest BCUT2D eigenvalue weighted by atomic mass is 16.5. The first-order valence-corrected chi connectivity index (χ1v) is 5.99. The zero-order valence-corrected chi connectivity index (χ0v) is 11.2. The Morgan fingerprint density at radius 1 is 1.32 bits per heavy atom. The zero-order valence-electron chi connectivity index (χ0n) is 11.2. The van der Waals surface area contributed by atoms with E-state index < -0.39 is 0 Å². The molecule has 0 aliphatic heterocycles. The Labute approximate surface area is 112 Å². The highest BCUT2D eigenvalue weighted by Crippen LogP contribution is 2.20. The van der Waals surface area contributed by atoms with Gasteiger partial charge in [0.1, 0.15) is 6.61 Å². The molecular weight excluding hydrogens is 246 g/mol. The summed E-state index contributed by atoms with van der Waals surface area (Å²) in [5.41, 5.74) is 7.45. The molecule has 6 nitrogen and oxygen atoms in total. The summed E-state index contributed by atoms with van der Waals surface area (Å²) in [6.45, 7) is 3.98. The predicted molar refractivity (Wildman–Crippen MR) is 74.0 cm³/mol. The van der Waals surface area contributed by atoms with Gasteiger partial charge in [0.05, 0.1) is 6.61 Å². The van der Waals surface area contributed by atoms with Crippen molar-refractivity contribution in [2.45, 2.75) is 13.8 Å². The van der Waals surface area contributed by atoms with E-state index in [0.29, 0.717) is 24.5 Å². The van der Waals surface area contributed by atoms with Crippen LogP contribution in [-0.4, -0.2) is 31.6 Å². The van der Waals surface area contributed by atoms with Gasteiger partial charge in [-0.05, 0) is 24.6 Å². The van der Waals surface area contributed by atoms with Crippen LogP contribution in [0, 0.1) is 6.92 Å². The topological polar surface area (TPSA) is 93.5 Å². The van der Waals surface area contributed by atoms with Crippen LogP contribution in [-0.2, 0) is 14.3 Å². The number of carbonyl (C=O) groups excluding carboxylic acids is 2. The molecule has 0 fully saturated rings. The van der Waals surface area contributed by atoms with Gasteiger partial charge in [-0.2, -0.15) is 0 Å². The number of aryl methyl sites for hydroxylation is 1. The number of ether oxygens (including phenoxy) is 1. The van der Waals surface area contributed by atoms with Gasteiger partial charge in [0.15, 0.2) is 0 Å². The van der Waals surface area contributed by atoms with Crippen LogP contribution in [0.5, 0.6) is 0 Å². The first kappa shape index (κ1) is 15.1. The molecule has 0 aliphatic rings. The summed E-state index contributed by atoms with van der Waals surface area (Å²) >= 11 is 0. The lowest BCUT2D eigenvalue weighted by molar-refractivity contribution is -0.120. The molecule has 104 valence electrons. The first-order chi connectivity index (χ1) is 9.02. The van der Waals surface area contributed by atoms with E-state index in [1.165, 1.54) is 6.92 Å². The molecule has 0 spiro atoms. The van der Waals surface area contributed by atoms with Gasteiger partial charge in [0.2, 0.25) is 11.8 Å². The number of carbonyl (C=O) groups is 2. The van der Waals surface area contributed by atoms with Crippen molar-refractivity contribution in [3.8, 4) is 0 Å². The smallest absolute Gasteiger partial charge is 0.250 e. The highest BCUT2D eigenvalue weighted by Gasteiger charge is 2.06. The fourth-order valence-electron chi connectivity index (χ4n) is 1.47. The fourth-order valence-corrected chi connectivity index (χ4v) is 1.47. The standard InChI is InChI=1S/C13H19N3O3/c1-9-3-4-11(15-10(2)17)7-12(9)16-13(18)8-19-6-5-14/h3-4,7H,5-6,8,14H2,1-2H3,(H,15,17)(H,16,18). The number of nitrogens with two attached hydrogens (primary N) is 1. The van der Waals surface area contributed by atoms with E-state index in [1.807, 2.05) is 13.0 Å².